The molecule has 0 fully saturated rings. The van der Waals surface area contributed by atoms with Gasteiger partial charge in [-0.05, 0) is 56.4 Å². The highest BCUT2D eigenvalue weighted by Crippen LogP contribution is 2.25. The number of carbonyl (C=O) groups excluding carboxylic acids is 2. The molecule has 5 heteroatoms. The van der Waals surface area contributed by atoms with Gasteiger partial charge < -0.3 is 10.6 Å². The Balaban J connectivity index is 1.60. The van der Waals surface area contributed by atoms with Crippen LogP contribution in [-0.2, 0) is 17.8 Å². The van der Waals surface area contributed by atoms with Crippen molar-refractivity contribution in [3.8, 4) is 0 Å². The average molecular weight is 422 g/mol. The number of aryl methyl sites for hydroxylation is 1. The highest BCUT2D eigenvalue weighted by atomic mass is 16.2. The van der Waals surface area contributed by atoms with Gasteiger partial charge in [0, 0.05) is 30.7 Å². The predicted molar refractivity (Wildman–Crippen MR) is 125 cm³/mol. The first-order valence-electron chi connectivity index (χ1n) is 11.1. The summed E-state index contributed by atoms with van der Waals surface area (Å²) >= 11 is 0. The number of nitrogens with zero attached hydrogens (tertiary/aromatic N) is 1. The van der Waals surface area contributed by atoms with E-state index in [2.05, 4.69) is 53.6 Å². The molecule has 1 atom stereocenters. The molecular formula is C26H35N3O2. The van der Waals surface area contributed by atoms with Crippen LogP contribution in [0, 0.1) is 12.8 Å². The maximum atomic E-state index is 13.0. The molecule has 0 saturated heterocycles. The minimum Gasteiger partial charge on any atom is -0.352 e. The van der Waals surface area contributed by atoms with Crippen molar-refractivity contribution in [2.75, 3.05) is 13.1 Å². The van der Waals surface area contributed by atoms with Crippen LogP contribution in [0.25, 0.3) is 0 Å². The van der Waals surface area contributed by atoms with E-state index in [4.69, 9.17) is 0 Å². The predicted octanol–water partition coefficient (Wildman–Crippen LogP) is 3.70. The van der Waals surface area contributed by atoms with E-state index in [1.165, 1.54) is 11.1 Å². The van der Waals surface area contributed by atoms with Crippen molar-refractivity contribution in [2.24, 2.45) is 5.92 Å². The van der Waals surface area contributed by atoms with Gasteiger partial charge in [0.1, 0.15) is 6.04 Å². The van der Waals surface area contributed by atoms with E-state index in [9.17, 15) is 9.59 Å². The minimum atomic E-state index is -0.577. The van der Waals surface area contributed by atoms with Crippen LogP contribution in [0.4, 0.5) is 0 Å². The number of carbonyl (C=O) groups is 2. The molecule has 3 rings (SSSR count). The quantitative estimate of drug-likeness (QED) is 0.717. The summed E-state index contributed by atoms with van der Waals surface area (Å²) in [7, 11) is 0. The maximum absolute atomic E-state index is 13.0. The molecule has 5 nitrogen and oxygen atoms in total. The van der Waals surface area contributed by atoms with Gasteiger partial charge in [-0.15, -0.1) is 0 Å². The number of hydrogen-bond acceptors (Lipinski definition) is 3. The molecule has 2 N–H and O–H groups in total. The number of fused-ring (bicyclic) bond motifs is 1. The molecular weight excluding hydrogens is 386 g/mol. The largest absolute Gasteiger partial charge is 0.352 e. The van der Waals surface area contributed by atoms with Gasteiger partial charge in [-0.2, -0.15) is 0 Å². The van der Waals surface area contributed by atoms with Gasteiger partial charge in [-0.25, -0.2) is 0 Å². The molecule has 1 aliphatic heterocycles. The molecule has 0 saturated carbocycles. The summed E-state index contributed by atoms with van der Waals surface area (Å²) in [6.07, 6.45) is 1.02. The fraction of sp³-hybridized carbons (Fsp3) is 0.462. The van der Waals surface area contributed by atoms with Crippen molar-refractivity contribution in [3.63, 3.8) is 0 Å². The Morgan fingerprint density at radius 1 is 1.03 bits per heavy atom. The summed E-state index contributed by atoms with van der Waals surface area (Å²) in [6, 6.07) is 15.4. The topological polar surface area (TPSA) is 61.4 Å². The molecule has 31 heavy (non-hydrogen) atoms. The number of rotatable bonds is 7. The van der Waals surface area contributed by atoms with E-state index in [1.54, 1.807) is 12.1 Å². The number of hydrogen-bond donors (Lipinski definition) is 2. The van der Waals surface area contributed by atoms with Crippen molar-refractivity contribution >= 4 is 11.8 Å². The number of benzene rings is 2. The number of amides is 2. The molecule has 2 aromatic carbocycles. The van der Waals surface area contributed by atoms with Gasteiger partial charge in [0.05, 0.1) is 0 Å². The lowest BCUT2D eigenvalue weighted by atomic mass is 9.93. The highest BCUT2D eigenvalue weighted by molar-refractivity contribution is 5.97. The minimum absolute atomic E-state index is 0.0145. The molecule has 0 spiro atoms. The molecule has 1 aliphatic rings. The van der Waals surface area contributed by atoms with E-state index < -0.39 is 6.04 Å². The molecule has 166 valence electrons. The highest BCUT2D eigenvalue weighted by Gasteiger charge is 2.32. The van der Waals surface area contributed by atoms with Crippen LogP contribution in [0.5, 0.6) is 0 Å². The van der Waals surface area contributed by atoms with Crippen molar-refractivity contribution < 1.29 is 9.59 Å². The first-order chi connectivity index (χ1) is 14.7. The zero-order valence-electron chi connectivity index (χ0n) is 19.4. The SMILES string of the molecule is Cc1ccc(C(=O)NC(C(=O)NCC(C)(C)N2CCc3ccccc3C2)C(C)C)cc1. The molecule has 0 radical (unpaired) electrons. The third-order valence-corrected chi connectivity index (χ3v) is 6.23. The van der Waals surface area contributed by atoms with E-state index in [-0.39, 0.29) is 23.3 Å². The number of nitrogens with one attached hydrogen (secondary N) is 2. The zero-order chi connectivity index (χ0) is 22.6. The van der Waals surface area contributed by atoms with Gasteiger partial charge in [-0.1, -0.05) is 55.8 Å². The Labute approximate surface area is 186 Å². The van der Waals surface area contributed by atoms with Crippen LogP contribution >= 0.6 is 0 Å². The van der Waals surface area contributed by atoms with E-state index >= 15 is 0 Å². The van der Waals surface area contributed by atoms with Crippen molar-refractivity contribution in [1.82, 2.24) is 15.5 Å². The molecule has 0 aromatic heterocycles. The van der Waals surface area contributed by atoms with E-state index in [0.29, 0.717) is 12.1 Å². The van der Waals surface area contributed by atoms with Crippen molar-refractivity contribution in [2.45, 2.75) is 59.2 Å². The van der Waals surface area contributed by atoms with Crippen LogP contribution in [0.3, 0.4) is 0 Å². The van der Waals surface area contributed by atoms with Crippen LogP contribution in [0.1, 0.15) is 54.7 Å². The van der Waals surface area contributed by atoms with E-state index in [1.807, 2.05) is 32.9 Å². The summed E-state index contributed by atoms with van der Waals surface area (Å²) in [5.41, 5.74) is 4.25. The lowest BCUT2D eigenvalue weighted by molar-refractivity contribution is -0.124. The molecule has 1 heterocycles. The van der Waals surface area contributed by atoms with Crippen LogP contribution in [0.15, 0.2) is 48.5 Å². The van der Waals surface area contributed by atoms with Gasteiger partial charge >= 0.3 is 0 Å². The zero-order valence-corrected chi connectivity index (χ0v) is 19.4. The van der Waals surface area contributed by atoms with Crippen LogP contribution in [0.2, 0.25) is 0 Å². The second-order valence-electron chi connectivity index (χ2n) is 9.53. The lowest BCUT2D eigenvalue weighted by Gasteiger charge is -2.42. The average Bonchev–Trinajstić information content (AvgIpc) is 2.75. The standard InChI is InChI=1S/C26H35N3O2/c1-18(2)23(28-24(30)21-12-10-19(3)11-13-21)25(31)27-17-26(4,5)29-15-14-20-8-6-7-9-22(20)16-29/h6-13,18,23H,14-17H2,1-5H3,(H,27,31)(H,28,30). The molecule has 0 bridgehead atoms. The maximum Gasteiger partial charge on any atom is 0.251 e. The fourth-order valence-electron chi connectivity index (χ4n) is 4.00. The summed E-state index contributed by atoms with van der Waals surface area (Å²) in [6.45, 7) is 12.6. The van der Waals surface area contributed by atoms with Gasteiger partial charge in [-0.3, -0.25) is 14.5 Å². The second kappa shape index (κ2) is 9.65. The first-order valence-corrected chi connectivity index (χ1v) is 11.1. The summed E-state index contributed by atoms with van der Waals surface area (Å²) in [5, 5.41) is 6.01. The van der Waals surface area contributed by atoms with E-state index in [0.717, 1.165) is 25.1 Å². The van der Waals surface area contributed by atoms with Crippen molar-refractivity contribution in [3.05, 3.63) is 70.8 Å². The third-order valence-electron chi connectivity index (χ3n) is 6.23. The van der Waals surface area contributed by atoms with Gasteiger partial charge in [0.15, 0.2) is 0 Å². The van der Waals surface area contributed by atoms with Gasteiger partial charge in [0.2, 0.25) is 5.91 Å². The summed E-state index contributed by atoms with van der Waals surface area (Å²) in [5.74, 6) is -0.374. The Morgan fingerprint density at radius 2 is 1.68 bits per heavy atom. The lowest BCUT2D eigenvalue weighted by Crippen LogP contribution is -2.56. The van der Waals surface area contributed by atoms with Crippen molar-refractivity contribution in [1.29, 1.82) is 0 Å². The van der Waals surface area contributed by atoms with Gasteiger partial charge in [0.25, 0.3) is 5.91 Å². The van der Waals surface area contributed by atoms with Crippen LogP contribution < -0.4 is 10.6 Å². The second-order valence-corrected chi connectivity index (χ2v) is 9.53. The molecule has 2 aromatic rings. The monoisotopic (exact) mass is 421 g/mol. The normalized spacial score (nSPS) is 15.3. The Bertz CT molecular complexity index is 919. The summed E-state index contributed by atoms with van der Waals surface area (Å²) in [4.78, 5) is 28.1. The molecule has 1 unspecified atom stereocenters. The van der Waals surface area contributed by atoms with Crippen LogP contribution in [-0.4, -0.2) is 41.4 Å². The molecule has 0 aliphatic carbocycles. The summed E-state index contributed by atoms with van der Waals surface area (Å²) < 4.78 is 0. The smallest absolute Gasteiger partial charge is 0.251 e. The molecule has 2 amide bonds. The fourth-order valence-corrected chi connectivity index (χ4v) is 4.00. The Kier molecular flexibility index (Phi) is 7.16. The Morgan fingerprint density at radius 3 is 2.32 bits per heavy atom. The third kappa shape index (κ3) is 5.73. The first kappa shape index (κ1) is 23.0. The Hall–Kier alpha value is -2.66.